The fourth-order valence-electron chi connectivity index (χ4n) is 3.34. The topological polar surface area (TPSA) is 71.5 Å². The lowest BCUT2D eigenvalue weighted by Gasteiger charge is -2.23. The summed E-state index contributed by atoms with van der Waals surface area (Å²) >= 11 is 0. The molecule has 0 radical (unpaired) electrons. The normalized spacial score (nSPS) is 20.0. The van der Waals surface area contributed by atoms with E-state index in [1.807, 2.05) is 30.3 Å². The first-order valence-corrected chi connectivity index (χ1v) is 9.52. The van der Waals surface area contributed by atoms with Gasteiger partial charge in [-0.1, -0.05) is 24.3 Å². The number of rotatable bonds is 3. The second-order valence-electron chi connectivity index (χ2n) is 5.95. The Kier molecular flexibility index (Phi) is 3.64. The van der Waals surface area contributed by atoms with E-state index in [0.717, 1.165) is 41.5 Å². The minimum Gasteiger partial charge on any atom is -0.265 e. The number of aromatic nitrogens is 1. The molecule has 1 unspecified atom stereocenters. The van der Waals surface area contributed by atoms with Gasteiger partial charge in [-0.05, 0) is 41.7 Å². The Morgan fingerprint density at radius 1 is 1.17 bits per heavy atom. The Morgan fingerprint density at radius 3 is 2.67 bits per heavy atom. The van der Waals surface area contributed by atoms with E-state index < -0.39 is 10.1 Å². The van der Waals surface area contributed by atoms with Crippen molar-refractivity contribution in [2.45, 2.75) is 18.9 Å². The van der Waals surface area contributed by atoms with Crippen LogP contribution in [0, 0.1) is 0 Å². The Bertz CT molecular complexity index is 910. The van der Waals surface area contributed by atoms with Crippen LogP contribution in [0.25, 0.3) is 5.70 Å². The Labute approximate surface area is 140 Å². The zero-order chi connectivity index (χ0) is 16.7. The van der Waals surface area contributed by atoms with Crippen molar-refractivity contribution in [3.8, 4) is 0 Å². The van der Waals surface area contributed by atoms with Crippen molar-refractivity contribution in [2.75, 3.05) is 6.26 Å². The van der Waals surface area contributed by atoms with Gasteiger partial charge in [0.1, 0.15) is 0 Å². The highest BCUT2D eigenvalue weighted by atomic mass is 32.2. The second-order valence-corrected chi connectivity index (χ2v) is 7.50. The minimum absolute atomic E-state index is 0.127. The molecule has 1 atom stereocenters. The second kappa shape index (κ2) is 5.70. The molecule has 2 aliphatic rings. The van der Waals surface area contributed by atoms with Crippen LogP contribution in [-0.2, 0) is 20.8 Å². The number of fused-ring (bicyclic) bond motifs is 2. The van der Waals surface area contributed by atoms with E-state index in [0.29, 0.717) is 0 Å². The predicted octanol–water partition coefficient (Wildman–Crippen LogP) is 2.19. The molecule has 0 saturated heterocycles. The number of nitrogens with one attached hydrogen (secondary N) is 1. The molecule has 2 heterocycles. The summed E-state index contributed by atoms with van der Waals surface area (Å²) < 4.78 is 28.6. The summed E-state index contributed by atoms with van der Waals surface area (Å²) in [5.41, 5.74) is 8.32. The van der Waals surface area contributed by atoms with Crippen LogP contribution in [0.5, 0.6) is 0 Å². The number of pyridine rings is 1. The number of hydrazine groups is 1. The van der Waals surface area contributed by atoms with Crippen LogP contribution in [0.1, 0.15) is 29.2 Å². The van der Waals surface area contributed by atoms with Gasteiger partial charge in [0.25, 0.3) is 10.1 Å². The minimum atomic E-state index is -3.65. The molecule has 0 amide bonds. The van der Waals surface area contributed by atoms with Gasteiger partial charge < -0.3 is 0 Å². The van der Waals surface area contributed by atoms with Crippen LogP contribution in [0.15, 0.2) is 54.4 Å². The number of hydrogen-bond donors (Lipinski definition) is 1. The first-order chi connectivity index (χ1) is 11.5. The Hall–Kier alpha value is -2.22. The van der Waals surface area contributed by atoms with Gasteiger partial charge in [-0.2, -0.15) is 19.0 Å². The van der Waals surface area contributed by atoms with Crippen molar-refractivity contribution >= 4 is 15.8 Å². The van der Waals surface area contributed by atoms with Crippen LogP contribution >= 0.6 is 0 Å². The van der Waals surface area contributed by atoms with E-state index in [1.54, 1.807) is 12.4 Å². The van der Waals surface area contributed by atoms with Crippen molar-refractivity contribution in [2.24, 2.45) is 0 Å². The smallest absolute Gasteiger partial charge is 0.265 e. The molecule has 24 heavy (non-hydrogen) atoms. The summed E-state index contributed by atoms with van der Waals surface area (Å²) in [5.74, 6) is 0. The summed E-state index contributed by atoms with van der Waals surface area (Å²) in [6, 6.07) is 11.7. The van der Waals surface area contributed by atoms with Crippen molar-refractivity contribution in [3.63, 3.8) is 0 Å². The first kappa shape index (κ1) is 15.3. The maximum absolute atomic E-state index is 11.7. The highest BCUT2D eigenvalue weighted by Gasteiger charge is 2.38. The molecule has 1 aliphatic carbocycles. The summed E-state index contributed by atoms with van der Waals surface area (Å²) in [6.07, 6.45) is 6.27. The van der Waals surface area contributed by atoms with Gasteiger partial charge >= 0.3 is 0 Å². The fraction of sp³-hybridized carbons (Fsp3) is 0.235. The molecule has 6 nitrogen and oxygen atoms in total. The van der Waals surface area contributed by atoms with E-state index in [1.165, 1.54) is 10.7 Å². The monoisotopic (exact) mass is 343 g/mol. The predicted molar refractivity (Wildman–Crippen MR) is 89.6 cm³/mol. The molecule has 1 aromatic carbocycles. The average molecular weight is 343 g/mol. The van der Waals surface area contributed by atoms with E-state index in [2.05, 4.69) is 16.5 Å². The molecule has 1 aliphatic heterocycles. The van der Waals surface area contributed by atoms with Crippen molar-refractivity contribution in [1.29, 1.82) is 0 Å². The number of hydroxylamine groups is 1. The average Bonchev–Trinajstić information content (AvgIpc) is 2.93. The maximum atomic E-state index is 11.7. The lowest BCUT2D eigenvalue weighted by molar-refractivity contribution is -0.0324. The number of aryl methyl sites for hydroxylation is 1. The highest BCUT2D eigenvalue weighted by Crippen LogP contribution is 2.44. The fourth-order valence-corrected chi connectivity index (χ4v) is 3.72. The summed E-state index contributed by atoms with van der Waals surface area (Å²) in [6.45, 7) is 0. The summed E-state index contributed by atoms with van der Waals surface area (Å²) in [5, 5.41) is 1.30. The molecule has 0 bridgehead atoms. The highest BCUT2D eigenvalue weighted by molar-refractivity contribution is 7.85. The van der Waals surface area contributed by atoms with Gasteiger partial charge in [-0.25, -0.2) is 0 Å². The van der Waals surface area contributed by atoms with Gasteiger partial charge in [-0.3, -0.25) is 4.98 Å². The largest absolute Gasteiger partial charge is 0.286 e. The van der Waals surface area contributed by atoms with Gasteiger partial charge in [0.2, 0.25) is 0 Å². The standard InChI is InChI=1S/C17H17N3O3S/c1-24(21,22)23-20-17-14-5-3-2-4-12(14)6-7-15(17)16(19-20)13-8-10-18-11-9-13/h2-5,8-11,16,19H,6-7H2,1H3. The van der Waals surface area contributed by atoms with Gasteiger partial charge in [0.05, 0.1) is 18.0 Å². The molecule has 0 saturated carbocycles. The summed E-state index contributed by atoms with van der Waals surface area (Å²) in [4.78, 5) is 4.05. The molecule has 4 rings (SSSR count). The molecule has 1 aromatic heterocycles. The third-order valence-corrected chi connectivity index (χ3v) is 4.71. The SMILES string of the molecule is CS(=O)(=O)ON1NC(c2ccncc2)C2=C1c1ccccc1CC2. The van der Waals surface area contributed by atoms with E-state index in [9.17, 15) is 8.42 Å². The van der Waals surface area contributed by atoms with Gasteiger partial charge in [0.15, 0.2) is 0 Å². The zero-order valence-corrected chi connectivity index (χ0v) is 14.0. The maximum Gasteiger partial charge on any atom is 0.286 e. The molecule has 0 fully saturated rings. The summed E-state index contributed by atoms with van der Waals surface area (Å²) in [7, 11) is -3.65. The van der Waals surface area contributed by atoms with Crippen molar-refractivity contribution in [1.82, 2.24) is 15.6 Å². The molecule has 1 N–H and O–H groups in total. The van der Waals surface area contributed by atoms with Crippen LogP contribution in [0.4, 0.5) is 0 Å². The first-order valence-electron chi connectivity index (χ1n) is 7.70. The molecule has 2 aromatic rings. The molecule has 124 valence electrons. The number of benzene rings is 1. The van der Waals surface area contributed by atoms with E-state index in [4.69, 9.17) is 4.28 Å². The van der Waals surface area contributed by atoms with Gasteiger partial charge in [0, 0.05) is 18.0 Å². The molecular weight excluding hydrogens is 326 g/mol. The molecule has 7 heteroatoms. The molecule has 0 spiro atoms. The molecular formula is C17H17N3O3S. The Morgan fingerprint density at radius 2 is 1.92 bits per heavy atom. The third-order valence-electron chi connectivity index (χ3n) is 4.29. The lowest BCUT2D eigenvalue weighted by Crippen LogP contribution is -2.35. The van der Waals surface area contributed by atoms with Crippen LogP contribution < -0.4 is 5.43 Å². The van der Waals surface area contributed by atoms with E-state index >= 15 is 0 Å². The van der Waals surface area contributed by atoms with Crippen molar-refractivity contribution < 1.29 is 12.7 Å². The van der Waals surface area contributed by atoms with Crippen molar-refractivity contribution in [3.05, 3.63) is 71.1 Å². The van der Waals surface area contributed by atoms with Crippen LogP contribution in [0.2, 0.25) is 0 Å². The lowest BCUT2D eigenvalue weighted by atomic mass is 9.85. The Balaban J connectivity index is 1.84. The van der Waals surface area contributed by atoms with Crippen LogP contribution in [-0.4, -0.2) is 24.8 Å². The quantitative estimate of drug-likeness (QED) is 0.921. The zero-order valence-electron chi connectivity index (χ0n) is 13.1. The van der Waals surface area contributed by atoms with E-state index in [-0.39, 0.29) is 6.04 Å². The van der Waals surface area contributed by atoms with Gasteiger partial charge in [-0.15, -0.1) is 4.28 Å². The number of hydrogen-bond acceptors (Lipinski definition) is 6. The van der Waals surface area contributed by atoms with Crippen LogP contribution in [0.3, 0.4) is 0 Å². The number of nitrogens with zero attached hydrogens (tertiary/aromatic N) is 2. The third kappa shape index (κ3) is 2.71.